The summed E-state index contributed by atoms with van der Waals surface area (Å²) < 4.78 is 16.7. The maximum atomic E-state index is 12.4. The van der Waals surface area contributed by atoms with E-state index in [1.165, 1.54) is 27.4 Å². The Hall–Kier alpha value is -2.27. The molecule has 0 heterocycles. The molecule has 2 aromatic carbocycles. The standard InChI is InChI=1S/C18H17BrO4/c1-21-16-10-13(11-17(22-2)18(16)23-3)15(20)8-7-12-5-4-6-14(19)9-12/h4-11H,1-3H3/b8-7+. The van der Waals surface area contributed by atoms with Gasteiger partial charge in [-0.2, -0.15) is 0 Å². The fourth-order valence-electron chi connectivity index (χ4n) is 2.10. The Morgan fingerprint density at radius 3 is 2.17 bits per heavy atom. The zero-order chi connectivity index (χ0) is 16.8. The number of carbonyl (C=O) groups is 1. The second kappa shape index (κ2) is 7.83. The zero-order valence-corrected chi connectivity index (χ0v) is 14.7. The molecule has 0 atom stereocenters. The van der Waals surface area contributed by atoms with Gasteiger partial charge >= 0.3 is 0 Å². The lowest BCUT2D eigenvalue weighted by Gasteiger charge is -2.13. The van der Waals surface area contributed by atoms with Crippen molar-refractivity contribution >= 4 is 27.8 Å². The molecule has 23 heavy (non-hydrogen) atoms. The van der Waals surface area contributed by atoms with E-state index in [4.69, 9.17) is 14.2 Å². The van der Waals surface area contributed by atoms with Crippen molar-refractivity contribution in [3.05, 3.63) is 58.1 Å². The summed E-state index contributed by atoms with van der Waals surface area (Å²) >= 11 is 3.40. The third-order valence-electron chi connectivity index (χ3n) is 3.23. The summed E-state index contributed by atoms with van der Waals surface area (Å²) in [7, 11) is 4.56. The van der Waals surface area contributed by atoms with Gasteiger partial charge in [0.05, 0.1) is 21.3 Å². The Bertz CT molecular complexity index is 713. The summed E-state index contributed by atoms with van der Waals surface area (Å²) in [5.74, 6) is 1.21. The van der Waals surface area contributed by atoms with Crippen LogP contribution >= 0.6 is 15.9 Å². The van der Waals surface area contributed by atoms with Gasteiger partial charge in [-0.1, -0.05) is 34.1 Å². The van der Waals surface area contributed by atoms with Crippen LogP contribution in [0, 0.1) is 0 Å². The quantitative estimate of drug-likeness (QED) is 0.554. The van der Waals surface area contributed by atoms with Gasteiger partial charge < -0.3 is 14.2 Å². The van der Waals surface area contributed by atoms with Crippen LogP contribution in [0.3, 0.4) is 0 Å². The van der Waals surface area contributed by atoms with Crippen LogP contribution in [0.5, 0.6) is 17.2 Å². The van der Waals surface area contributed by atoms with E-state index in [9.17, 15) is 4.79 Å². The zero-order valence-electron chi connectivity index (χ0n) is 13.1. The van der Waals surface area contributed by atoms with Crippen LogP contribution in [0.25, 0.3) is 6.08 Å². The molecule has 4 nitrogen and oxygen atoms in total. The van der Waals surface area contributed by atoms with Crippen molar-refractivity contribution < 1.29 is 19.0 Å². The van der Waals surface area contributed by atoms with Crippen LogP contribution in [-0.2, 0) is 0 Å². The van der Waals surface area contributed by atoms with E-state index >= 15 is 0 Å². The minimum atomic E-state index is -0.149. The molecular weight excluding hydrogens is 360 g/mol. The molecule has 0 aromatic heterocycles. The lowest BCUT2D eigenvalue weighted by atomic mass is 10.1. The first-order chi connectivity index (χ1) is 11.1. The van der Waals surface area contributed by atoms with Gasteiger partial charge in [0.1, 0.15) is 0 Å². The summed E-state index contributed by atoms with van der Waals surface area (Å²) in [6, 6.07) is 11.0. The first-order valence-electron chi connectivity index (χ1n) is 6.87. The van der Waals surface area contributed by atoms with E-state index in [0.717, 1.165) is 10.0 Å². The molecule has 0 saturated carbocycles. The molecule has 0 radical (unpaired) electrons. The minimum Gasteiger partial charge on any atom is -0.493 e. The Morgan fingerprint density at radius 2 is 1.65 bits per heavy atom. The van der Waals surface area contributed by atoms with E-state index in [0.29, 0.717) is 22.8 Å². The number of hydrogen-bond acceptors (Lipinski definition) is 4. The van der Waals surface area contributed by atoms with Crippen LogP contribution < -0.4 is 14.2 Å². The van der Waals surface area contributed by atoms with Crippen LogP contribution in [0.1, 0.15) is 15.9 Å². The van der Waals surface area contributed by atoms with E-state index < -0.39 is 0 Å². The summed E-state index contributed by atoms with van der Waals surface area (Å²) in [6.45, 7) is 0. The number of ether oxygens (including phenoxy) is 3. The number of rotatable bonds is 6. The summed E-state index contributed by atoms with van der Waals surface area (Å²) in [5.41, 5.74) is 1.39. The molecule has 0 saturated heterocycles. The van der Waals surface area contributed by atoms with Crippen molar-refractivity contribution in [2.45, 2.75) is 0 Å². The Balaban J connectivity index is 2.32. The van der Waals surface area contributed by atoms with Gasteiger partial charge in [-0.05, 0) is 35.9 Å². The SMILES string of the molecule is COc1cc(C(=O)/C=C/c2cccc(Br)c2)cc(OC)c1OC. The maximum absolute atomic E-state index is 12.4. The van der Waals surface area contributed by atoms with Crippen molar-refractivity contribution in [1.82, 2.24) is 0 Å². The van der Waals surface area contributed by atoms with Gasteiger partial charge in [0, 0.05) is 10.0 Å². The summed E-state index contributed by atoms with van der Waals surface area (Å²) in [5, 5.41) is 0. The first-order valence-corrected chi connectivity index (χ1v) is 7.66. The van der Waals surface area contributed by atoms with E-state index in [2.05, 4.69) is 15.9 Å². The van der Waals surface area contributed by atoms with Gasteiger partial charge in [-0.3, -0.25) is 4.79 Å². The van der Waals surface area contributed by atoms with E-state index in [-0.39, 0.29) is 5.78 Å². The van der Waals surface area contributed by atoms with Crippen molar-refractivity contribution in [1.29, 1.82) is 0 Å². The van der Waals surface area contributed by atoms with Crippen molar-refractivity contribution in [2.75, 3.05) is 21.3 Å². The number of halogens is 1. The third kappa shape index (κ3) is 4.13. The molecule has 0 aliphatic rings. The Morgan fingerprint density at radius 1 is 1.00 bits per heavy atom. The number of carbonyl (C=O) groups excluding carboxylic acids is 1. The highest BCUT2D eigenvalue weighted by molar-refractivity contribution is 9.10. The second-order valence-electron chi connectivity index (χ2n) is 4.67. The first kappa shape index (κ1) is 17.1. The normalized spacial score (nSPS) is 10.6. The fourth-order valence-corrected chi connectivity index (χ4v) is 2.52. The fraction of sp³-hybridized carbons (Fsp3) is 0.167. The number of methoxy groups -OCH3 is 3. The molecule has 0 N–H and O–H groups in total. The van der Waals surface area contributed by atoms with Crippen LogP contribution in [-0.4, -0.2) is 27.1 Å². The molecule has 0 aliphatic carbocycles. The van der Waals surface area contributed by atoms with Crippen LogP contribution in [0.4, 0.5) is 0 Å². The molecule has 0 amide bonds. The van der Waals surface area contributed by atoms with Gasteiger partial charge in [0.15, 0.2) is 17.3 Å². The Kier molecular flexibility index (Phi) is 5.82. The molecule has 2 rings (SSSR count). The lowest BCUT2D eigenvalue weighted by molar-refractivity contribution is 0.104. The van der Waals surface area contributed by atoms with Crippen LogP contribution in [0.2, 0.25) is 0 Å². The lowest BCUT2D eigenvalue weighted by Crippen LogP contribution is -2.00. The van der Waals surface area contributed by atoms with E-state index in [1.54, 1.807) is 18.2 Å². The molecule has 0 unspecified atom stereocenters. The molecule has 2 aromatic rings. The third-order valence-corrected chi connectivity index (χ3v) is 3.72. The predicted molar refractivity (Wildman–Crippen MR) is 93.6 cm³/mol. The highest BCUT2D eigenvalue weighted by Gasteiger charge is 2.15. The number of allylic oxidation sites excluding steroid dienone is 1. The second-order valence-corrected chi connectivity index (χ2v) is 5.58. The van der Waals surface area contributed by atoms with Crippen LogP contribution in [0.15, 0.2) is 46.9 Å². The maximum Gasteiger partial charge on any atom is 0.203 e. The average molecular weight is 377 g/mol. The molecule has 0 aliphatic heterocycles. The van der Waals surface area contributed by atoms with Gasteiger partial charge in [-0.25, -0.2) is 0 Å². The monoisotopic (exact) mass is 376 g/mol. The van der Waals surface area contributed by atoms with Gasteiger partial charge in [0.25, 0.3) is 0 Å². The highest BCUT2D eigenvalue weighted by atomic mass is 79.9. The molecule has 0 fully saturated rings. The summed E-state index contributed by atoms with van der Waals surface area (Å²) in [6.07, 6.45) is 3.28. The molecule has 0 bridgehead atoms. The van der Waals surface area contributed by atoms with Gasteiger partial charge in [0.2, 0.25) is 5.75 Å². The number of hydrogen-bond donors (Lipinski definition) is 0. The summed E-state index contributed by atoms with van der Waals surface area (Å²) in [4.78, 5) is 12.4. The molecule has 120 valence electrons. The largest absolute Gasteiger partial charge is 0.493 e. The van der Waals surface area contributed by atoms with Crippen molar-refractivity contribution in [3.8, 4) is 17.2 Å². The molecular formula is C18H17BrO4. The molecule has 0 spiro atoms. The highest BCUT2D eigenvalue weighted by Crippen LogP contribution is 2.38. The number of benzene rings is 2. The predicted octanol–water partition coefficient (Wildman–Crippen LogP) is 4.37. The minimum absolute atomic E-state index is 0.149. The van der Waals surface area contributed by atoms with Gasteiger partial charge in [-0.15, -0.1) is 0 Å². The topological polar surface area (TPSA) is 44.8 Å². The smallest absolute Gasteiger partial charge is 0.203 e. The van der Waals surface area contributed by atoms with Crippen molar-refractivity contribution in [2.24, 2.45) is 0 Å². The Labute approximate surface area is 143 Å². The molecule has 5 heteroatoms. The average Bonchev–Trinajstić information content (AvgIpc) is 2.58. The van der Waals surface area contributed by atoms with Crippen molar-refractivity contribution in [3.63, 3.8) is 0 Å². The van der Waals surface area contributed by atoms with E-state index in [1.807, 2.05) is 24.3 Å². The number of ketones is 1.